The topological polar surface area (TPSA) is 272 Å². The molecular weight excluding hydrogens is 640 g/mol. The average molecular weight is 674 g/mol. The molecule has 1 amide bonds. The number of nitrogen functional groups attached to an aromatic ring is 2. The number of rotatable bonds is 12. The summed E-state index contributed by atoms with van der Waals surface area (Å²) in [4.78, 5) is 62.0. The van der Waals surface area contributed by atoms with Gasteiger partial charge in [-0.15, -0.1) is 0 Å². The van der Waals surface area contributed by atoms with Crippen LogP contribution in [0.1, 0.15) is 18.9 Å². The molecule has 46 heavy (non-hydrogen) atoms. The van der Waals surface area contributed by atoms with Gasteiger partial charge < -0.3 is 40.6 Å². The van der Waals surface area contributed by atoms with Crippen LogP contribution in [-0.4, -0.2) is 105 Å². The summed E-state index contributed by atoms with van der Waals surface area (Å²) in [5.74, 6) is -1.93. The number of halogens is 1. The van der Waals surface area contributed by atoms with Crippen LogP contribution in [-0.2, 0) is 37.4 Å². The Balaban J connectivity index is 1.34. The minimum absolute atomic E-state index is 0.0278. The van der Waals surface area contributed by atoms with Crippen molar-refractivity contribution in [3.8, 4) is 0 Å². The Morgan fingerprint density at radius 2 is 1.89 bits per heavy atom. The molecule has 2 saturated heterocycles. The standard InChI is InChI=1S/C24H33FN9O11P/c1-40-8-12-10(15(25)21(44-12)33-5-4-13(26)30-24(33)37)6-14(35)28-7-11-17(45-46(38,39)42-3)18(41-2)22(43-11)34-9-29-16-19(34)31-23(27)32-20(16)36/h4-5,9-12,15,17-18,21-22H,6-8H2,1-3H3,(H,28,35)(H,38,39)(H2,26,30,37)(H3,27,31,32,36)/t10-,11-,12-,15-,17-,18-,21-,22-/m1/s1. The number of H-pyrrole nitrogens is 1. The number of carbonyl (C=O) groups is 1. The molecule has 3 aromatic heterocycles. The first-order chi connectivity index (χ1) is 21.9. The van der Waals surface area contributed by atoms with E-state index in [0.717, 1.165) is 11.7 Å². The lowest BCUT2D eigenvalue weighted by Crippen LogP contribution is -2.42. The van der Waals surface area contributed by atoms with E-state index in [0.29, 0.717) is 0 Å². The van der Waals surface area contributed by atoms with Crippen molar-refractivity contribution in [2.75, 3.05) is 45.9 Å². The maximum atomic E-state index is 15.7. The Labute approximate surface area is 258 Å². The highest BCUT2D eigenvalue weighted by atomic mass is 31.2. The number of hydrogen-bond acceptors (Lipinski definition) is 15. The minimum Gasteiger partial charge on any atom is -0.383 e. The molecule has 2 aliphatic heterocycles. The first-order valence-electron chi connectivity index (χ1n) is 13.7. The molecule has 2 aliphatic rings. The molecule has 2 fully saturated rings. The van der Waals surface area contributed by atoms with Gasteiger partial charge in [0, 0.05) is 46.4 Å². The van der Waals surface area contributed by atoms with Gasteiger partial charge in [0.15, 0.2) is 29.8 Å². The molecule has 5 rings (SSSR count). The third kappa shape index (κ3) is 6.67. The maximum Gasteiger partial charge on any atom is 0.472 e. The van der Waals surface area contributed by atoms with E-state index in [1.54, 1.807) is 0 Å². The van der Waals surface area contributed by atoms with E-state index in [-0.39, 0.29) is 36.1 Å². The van der Waals surface area contributed by atoms with Crippen LogP contribution >= 0.6 is 7.82 Å². The molecule has 22 heteroatoms. The van der Waals surface area contributed by atoms with E-state index in [1.165, 1.54) is 37.4 Å². The van der Waals surface area contributed by atoms with Gasteiger partial charge in [0.05, 0.1) is 19.0 Å². The summed E-state index contributed by atoms with van der Waals surface area (Å²) in [5, 5.41) is 2.62. The average Bonchev–Trinajstić information content (AvgIpc) is 3.66. The lowest BCUT2D eigenvalue weighted by Gasteiger charge is -2.25. The number of methoxy groups -OCH3 is 2. The van der Waals surface area contributed by atoms with Crippen LogP contribution in [0.15, 0.2) is 28.2 Å². The molecule has 7 N–H and O–H groups in total. The maximum absolute atomic E-state index is 15.7. The van der Waals surface area contributed by atoms with Gasteiger partial charge in [-0.25, -0.2) is 18.7 Å². The number of anilines is 2. The van der Waals surface area contributed by atoms with Crippen LogP contribution in [0.4, 0.5) is 16.2 Å². The van der Waals surface area contributed by atoms with Crippen molar-refractivity contribution in [2.24, 2.45) is 5.92 Å². The molecule has 0 aromatic carbocycles. The second kappa shape index (κ2) is 13.5. The van der Waals surface area contributed by atoms with Crippen LogP contribution < -0.4 is 28.0 Å². The normalized spacial score (nSPS) is 29.2. The zero-order chi connectivity index (χ0) is 33.3. The fourth-order valence-electron chi connectivity index (χ4n) is 5.48. The number of phosphoric ester groups is 1. The number of hydrogen-bond donors (Lipinski definition) is 5. The summed E-state index contributed by atoms with van der Waals surface area (Å²) in [6.07, 6.45) is -6.72. The summed E-state index contributed by atoms with van der Waals surface area (Å²) in [6, 6.07) is 1.31. The number of nitrogens with zero attached hydrogens (tertiary/aromatic N) is 5. The van der Waals surface area contributed by atoms with E-state index < -0.39 is 80.4 Å². The van der Waals surface area contributed by atoms with Crippen molar-refractivity contribution in [1.29, 1.82) is 0 Å². The molecule has 0 radical (unpaired) electrons. The highest BCUT2D eigenvalue weighted by Crippen LogP contribution is 2.48. The van der Waals surface area contributed by atoms with E-state index in [9.17, 15) is 23.8 Å². The summed E-state index contributed by atoms with van der Waals surface area (Å²) in [7, 11) is -0.998. The van der Waals surface area contributed by atoms with Gasteiger partial charge in [0.1, 0.15) is 24.1 Å². The van der Waals surface area contributed by atoms with Crippen molar-refractivity contribution < 1.29 is 46.6 Å². The second-order valence-corrected chi connectivity index (χ2v) is 12.0. The van der Waals surface area contributed by atoms with Crippen molar-refractivity contribution in [2.45, 2.75) is 49.5 Å². The first kappa shape index (κ1) is 33.5. The number of ether oxygens (including phenoxy) is 4. The predicted octanol–water partition coefficient (Wildman–Crippen LogP) is -1.41. The zero-order valence-electron chi connectivity index (χ0n) is 24.7. The molecule has 0 bridgehead atoms. The lowest BCUT2D eigenvalue weighted by molar-refractivity contribution is -0.124. The SMILES string of the molecule is COC[C@H]1O[C@@H](n2ccc(N)nc2=O)[C@H](F)[C@@H]1CC(=O)NC[C@H]1O[C@@H](n2cnc3c(=O)[nH]c(N)nc32)[C@H](OC)[C@@H]1OP(=O)(O)OC. The summed E-state index contributed by atoms with van der Waals surface area (Å²) in [6.45, 7) is -0.384. The molecule has 0 aliphatic carbocycles. The molecular formula is C24H33FN9O11P. The van der Waals surface area contributed by atoms with Gasteiger partial charge in [-0.1, -0.05) is 0 Å². The molecule has 252 valence electrons. The van der Waals surface area contributed by atoms with Gasteiger partial charge in [0.25, 0.3) is 5.56 Å². The van der Waals surface area contributed by atoms with Crippen molar-refractivity contribution in [3.05, 3.63) is 39.4 Å². The molecule has 0 spiro atoms. The molecule has 5 heterocycles. The smallest absolute Gasteiger partial charge is 0.383 e. The monoisotopic (exact) mass is 673 g/mol. The van der Waals surface area contributed by atoms with Gasteiger partial charge >= 0.3 is 13.5 Å². The number of phosphoric acid groups is 1. The number of aromatic nitrogens is 6. The summed E-state index contributed by atoms with van der Waals surface area (Å²) in [5.41, 5.74) is 9.77. The number of amides is 1. The van der Waals surface area contributed by atoms with Crippen LogP contribution in [0.5, 0.6) is 0 Å². The molecule has 9 atom stereocenters. The number of carbonyl (C=O) groups excluding carboxylic acids is 1. The van der Waals surface area contributed by atoms with Crippen molar-refractivity contribution >= 4 is 36.7 Å². The Morgan fingerprint density at radius 3 is 2.57 bits per heavy atom. The number of alkyl halides is 1. The molecule has 3 aromatic rings. The van der Waals surface area contributed by atoms with Crippen LogP contribution in [0, 0.1) is 5.92 Å². The largest absolute Gasteiger partial charge is 0.472 e. The van der Waals surface area contributed by atoms with Crippen molar-refractivity contribution in [3.63, 3.8) is 0 Å². The quantitative estimate of drug-likeness (QED) is 0.138. The van der Waals surface area contributed by atoms with Gasteiger partial charge in [-0.05, 0) is 6.07 Å². The van der Waals surface area contributed by atoms with Crippen LogP contribution in [0.2, 0.25) is 0 Å². The zero-order valence-corrected chi connectivity index (χ0v) is 25.6. The van der Waals surface area contributed by atoms with Crippen LogP contribution in [0.3, 0.4) is 0 Å². The highest BCUT2D eigenvalue weighted by molar-refractivity contribution is 7.47. The number of fused-ring (bicyclic) bond motifs is 1. The Kier molecular flexibility index (Phi) is 9.84. The van der Waals surface area contributed by atoms with Gasteiger partial charge in [-0.3, -0.25) is 32.8 Å². The third-order valence-corrected chi connectivity index (χ3v) is 8.59. The first-order valence-corrected chi connectivity index (χ1v) is 15.2. The van der Waals surface area contributed by atoms with Crippen LogP contribution in [0.25, 0.3) is 11.2 Å². The fourth-order valence-corrected chi connectivity index (χ4v) is 6.13. The Hall–Kier alpha value is -3.82. The number of aromatic amines is 1. The Morgan fingerprint density at radius 1 is 1.15 bits per heavy atom. The predicted molar refractivity (Wildman–Crippen MR) is 154 cm³/mol. The van der Waals surface area contributed by atoms with Gasteiger partial charge in [-0.2, -0.15) is 9.97 Å². The summed E-state index contributed by atoms with van der Waals surface area (Å²) < 4.78 is 62.9. The second-order valence-electron chi connectivity index (χ2n) is 10.4. The number of nitrogens with one attached hydrogen (secondary N) is 2. The summed E-state index contributed by atoms with van der Waals surface area (Å²) >= 11 is 0. The third-order valence-electron chi connectivity index (χ3n) is 7.62. The lowest BCUT2D eigenvalue weighted by atomic mass is 9.95. The van der Waals surface area contributed by atoms with E-state index in [1.807, 2.05) is 0 Å². The fraction of sp³-hybridized carbons (Fsp3) is 0.583. The van der Waals surface area contributed by atoms with E-state index in [2.05, 4.69) is 29.8 Å². The van der Waals surface area contributed by atoms with Crippen molar-refractivity contribution in [1.82, 2.24) is 34.4 Å². The van der Waals surface area contributed by atoms with E-state index in [4.69, 9.17) is 34.9 Å². The molecule has 0 saturated carbocycles. The molecule has 20 nitrogen and oxygen atoms in total. The van der Waals surface area contributed by atoms with Gasteiger partial charge in [0.2, 0.25) is 11.9 Å². The van der Waals surface area contributed by atoms with E-state index >= 15 is 4.39 Å². The molecule has 1 unspecified atom stereocenters. The number of nitrogens with two attached hydrogens (primary N) is 2. The number of imidazole rings is 1. The highest BCUT2D eigenvalue weighted by Gasteiger charge is 2.51. The Bertz CT molecular complexity index is 1740. The minimum atomic E-state index is -4.63.